The fourth-order valence-corrected chi connectivity index (χ4v) is 10.2. The van der Waals surface area contributed by atoms with E-state index in [1.54, 1.807) is 0 Å². The van der Waals surface area contributed by atoms with Gasteiger partial charge in [-0.15, -0.1) is 0 Å². The molecule has 0 bridgehead atoms. The second-order valence-electron chi connectivity index (χ2n) is 16.4. The van der Waals surface area contributed by atoms with Gasteiger partial charge in [0.1, 0.15) is 22.2 Å². The highest BCUT2D eigenvalue weighted by Gasteiger charge is 2.46. The van der Waals surface area contributed by atoms with Crippen molar-refractivity contribution >= 4 is 44.1 Å². The monoisotopic (exact) mass is 804 g/mol. The molecule has 4 nitrogen and oxygen atoms in total. The predicted octanol–water partition coefficient (Wildman–Crippen LogP) is 15.3. The molecule has 0 unspecified atom stereocenters. The van der Waals surface area contributed by atoms with Crippen LogP contribution in [0.5, 0.6) is 0 Å². The van der Waals surface area contributed by atoms with E-state index >= 15 is 0 Å². The number of fused-ring (bicyclic) bond motifs is 9. The summed E-state index contributed by atoms with van der Waals surface area (Å²) in [6.45, 7) is 0. The number of rotatable bonds is 6. The standard InChI is InChI=1S/C59H36N2O2/c1-5-13-37(14-6-1)39-23-27-53-49(33-39)55-57(62-53)45(29-31-60-55)41-21-25-47-48-26-22-42(36-52(48)59(51(47)35-41,43-17-9-3-10-18-43)44-19-11-4-12-20-44)46-30-32-61-56-50-34-40(38-15-7-2-8-16-38)24-28-54(50)63-58(46)56/h1-36H. The Labute approximate surface area is 363 Å². The molecule has 0 amide bonds. The summed E-state index contributed by atoms with van der Waals surface area (Å²) in [7, 11) is 0. The fraction of sp³-hybridized carbons (Fsp3) is 0.0169. The molecule has 4 heteroatoms. The molecule has 13 rings (SSSR count). The minimum absolute atomic E-state index is 0.644. The minimum Gasteiger partial charge on any atom is -0.454 e. The first-order chi connectivity index (χ1) is 31.2. The average Bonchev–Trinajstić information content (AvgIpc) is 4.02. The Bertz CT molecular complexity index is 3470. The number of pyridine rings is 2. The van der Waals surface area contributed by atoms with Gasteiger partial charge in [-0.2, -0.15) is 0 Å². The SMILES string of the molecule is c1ccc(-c2ccc3oc4c(-c5ccc6c(c5)C(c5ccccc5)(c5ccccc5)c5cc(-c7ccnc8c7oc7ccc(-c9ccccc9)cc78)ccc5-6)ccnc4c3c2)cc1. The maximum absolute atomic E-state index is 6.71. The van der Waals surface area contributed by atoms with Crippen LogP contribution in [0.4, 0.5) is 0 Å². The Balaban J connectivity index is 1.01. The third-order valence-corrected chi connectivity index (χ3v) is 13.1. The van der Waals surface area contributed by atoms with E-state index in [0.29, 0.717) is 0 Å². The number of benzene rings is 8. The molecule has 1 aliphatic rings. The quantitative estimate of drug-likeness (QED) is 0.168. The van der Waals surface area contributed by atoms with E-state index < -0.39 is 5.41 Å². The summed E-state index contributed by atoms with van der Waals surface area (Å²) in [5, 5.41) is 2.01. The van der Waals surface area contributed by atoms with Crippen LogP contribution in [0, 0.1) is 0 Å². The summed E-state index contributed by atoms with van der Waals surface area (Å²) in [5.41, 5.74) is 20.2. The third kappa shape index (κ3) is 5.35. The van der Waals surface area contributed by atoms with Crippen LogP contribution in [-0.2, 0) is 5.41 Å². The zero-order chi connectivity index (χ0) is 41.5. The van der Waals surface area contributed by atoms with E-state index in [1.165, 1.54) is 33.4 Å². The van der Waals surface area contributed by atoms with Crippen molar-refractivity contribution in [1.29, 1.82) is 0 Å². The minimum atomic E-state index is -0.644. The molecule has 4 heterocycles. The molecule has 63 heavy (non-hydrogen) atoms. The molecule has 0 fully saturated rings. The van der Waals surface area contributed by atoms with Gasteiger partial charge in [0.15, 0.2) is 11.2 Å². The van der Waals surface area contributed by atoms with Crippen LogP contribution >= 0.6 is 0 Å². The topological polar surface area (TPSA) is 52.1 Å². The first-order valence-corrected chi connectivity index (χ1v) is 21.4. The summed E-state index contributed by atoms with van der Waals surface area (Å²) in [6, 6.07) is 73.6. The Hall–Kier alpha value is -8.34. The van der Waals surface area contributed by atoms with E-state index in [1.807, 2.05) is 24.5 Å². The van der Waals surface area contributed by atoms with Gasteiger partial charge in [0.05, 0.1) is 5.41 Å². The number of nitrogens with zero attached hydrogens (tertiary/aromatic N) is 2. The van der Waals surface area contributed by atoms with Gasteiger partial charge in [-0.1, -0.05) is 158 Å². The van der Waals surface area contributed by atoms with E-state index in [4.69, 9.17) is 18.8 Å². The van der Waals surface area contributed by atoms with Crippen LogP contribution in [0.3, 0.4) is 0 Å². The average molecular weight is 805 g/mol. The van der Waals surface area contributed by atoms with Crippen LogP contribution < -0.4 is 0 Å². The van der Waals surface area contributed by atoms with Gasteiger partial charge >= 0.3 is 0 Å². The molecule has 1 aliphatic carbocycles. The van der Waals surface area contributed by atoms with Crippen molar-refractivity contribution in [3.8, 4) is 55.6 Å². The zero-order valence-corrected chi connectivity index (χ0v) is 34.0. The second-order valence-corrected chi connectivity index (χ2v) is 16.4. The first-order valence-electron chi connectivity index (χ1n) is 21.4. The lowest BCUT2D eigenvalue weighted by Gasteiger charge is -2.34. The summed E-state index contributed by atoms with van der Waals surface area (Å²) < 4.78 is 13.4. The molecule has 294 valence electrons. The van der Waals surface area contributed by atoms with E-state index in [0.717, 1.165) is 88.6 Å². The molecule has 12 aromatic rings. The molecule has 8 aromatic carbocycles. The number of aromatic nitrogens is 2. The third-order valence-electron chi connectivity index (χ3n) is 13.1. The predicted molar refractivity (Wildman–Crippen MR) is 256 cm³/mol. The smallest absolute Gasteiger partial charge is 0.161 e. The second kappa shape index (κ2) is 13.8. The molecule has 0 saturated heterocycles. The lowest BCUT2D eigenvalue weighted by molar-refractivity contribution is 0.669. The summed E-state index contributed by atoms with van der Waals surface area (Å²) in [5.74, 6) is 0. The molecular formula is C59H36N2O2. The molecule has 0 radical (unpaired) electrons. The maximum atomic E-state index is 6.71. The summed E-state index contributed by atoms with van der Waals surface area (Å²) in [4.78, 5) is 9.81. The van der Waals surface area contributed by atoms with Crippen molar-refractivity contribution in [2.24, 2.45) is 0 Å². The van der Waals surface area contributed by atoms with Gasteiger partial charge in [0.25, 0.3) is 0 Å². The molecule has 4 aromatic heterocycles. The number of hydrogen-bond donors (Lipinski definition) is 0. The van der Waals surface area contributed by atoms with Crippen LogP contribution in [0.2, 0.25) is 0 Å². The lowest BCUT2D eigenvalue weighted by atomic mass is 9.67. The normalized spacial score (nSPS) is 12.9. The first kappa shape index (κ1) is 35.4. The van der Waals surface area contributed by atoms with E-state index in [2.05, 4.69) is 194 Å². The lowest BCUT2D eigenvalue weighted by Crippen LogP contribution is -2.28. The highest BCUT2D eigenvalue weighted by Crippen LogP contribution is 2.58. The largest absolute Gasteiger partial charge is 0.454 e. The molecule has 0 spiro atoms. The van der Waals surface area contributed by atoms with Crippen molar-refractivity contribution in [2.75, 3.05) is 0 Å². The molecule has 0 atom stereocenters. The van der Waals surface area contributed by atoms with Gasteiger partial charge in [-0.3, -0.25) is 9.97 Å². The number of furan rings is 2. The molecule has 0 N–H and O–H groups in total. The fourth-order valence-electron chi connectivity index (χ4n) is 10.2. The van der Waals surface area contributed by atoms with Gasteiger partial charge < -0.3 is 8.83 Å². The Morgan fingerprint density at radius 3 is 1.14 bits per heavy atom. The van der Waals surface area contributed by atoms with Crippen molar-refractivity contribution < 1.29 is 8.83 Å². The summed E-state index contributed by atoms with van der Waals surface area (Å²) in [6.07, 6.45) is 3.82. The Kier molecular flexibility index (Phi) is 7.79. The van der Waals surface area contributed by atoms with Crippen LogP contribution in [0.1, 0.15) is 22.3 Å². The van der Waals surface area contributed by atoms with E-state index in [9.17, 15) is 0 Å². The molecule has 0 saturated carbocycles. The van der Waals surface area contributed by atoms with Crippen LogP contribution in [-0.4, -0.2) is 9.97 Å². The van der Waals surface area contributed by atoms with Gasteiger partial charge in [-0.25, -0.2) is 0 Å². The maximum Gasteiger partial charge on any atom is 0.161 e. The zero-order valence-electron chi connectivity index (χ0n) is 34.0. The van der Waals surface area contributed by atoms with Crippen molar-refractivity contribution in [3.63, 3.8) is 0 Å². The van der Waals surface area contributed by atoms with Crippen molar-refractivity contribution in [2.45, 2.75) is 5.41 Å². The van der Waals surface area contributed by atoms with Crippen LogP contribution in [0.25, 0.3) is 99.8 Å². The highest BCUT2D eigenvalue weighted by atomic mass is 16.3. The Morgan fingerprint density at radius 2 is 0.714 bits per heavy atom. The molecular weight excluding hydrogens is 769 g/mol. The molecule has 0 aliphatic heterocycles. The number of hydrogen-bond acceptors (Lipinski definition) is 4. The van der Waals surface area contributed by atoms with E-state index in [-0.39, 0.29) is 0 Å². The van der Waals surface area contributed by atoms with Crippen molar-refractivity contribution in [3.05, 3.63) is 241 Å². The van der Waals surface area contributed by atoms with Gasteiger partial charge in [-0.05, 0) is 115 Å². The Morgan fingerprint density at radius 1 is 0.317 bits per heavy atom. The van der Waals surface area contributed by atoms with Gasteiger partial charge in [0.2, 0.25) is 0 Å². The van der Waals surface area contributed by atoms with Crippen LogP contribution in [0.15, 0.2) is 227 Å². The highest BCUT2D eigenvalue weighted by molar-refractivity contribution is 6.10. The summed E-state index contributed by atoms with van der Waals surface area (Å²) >= 11 is 0. The van der Waals surface area contributed by atoms with Crippen molar-refractivity contribution in [1.82, 2.24) is 9.97 Å². The van der Waals surface area contributed by atoms with Gasteiger partial charge in [0, 0.05) is 34.3 Å².